The molecule has 1 unspecified atom stereocenters. The van der Waals surface area contributed by atoms with Gasteiger partial charge in [0, 0.05) is 32.2 Å². The van der Waals surface area contributed by atoms with Crippen LogP contribution in [0.3, 0.4) is 0 Å². The summed E-state index contributed by atoms with van der Waals surface area (Å²) in [6, 6.07) is 0.835. The molecule has 110 valence electrons. The molecule has 3 aliphatic heterocycles. The molecule has 0 radical (unpaired) electrons. The summed E-state index contributed by atoms with van der Waals surface area (Å²) in [6.45, 7) is 9.45. The topological polar surface area (TPSA) is 27.7 Å². The van der Waals surface area contributed by atoms with Gasteiger partial charge in [0.05, 0.1) is 12.7 Å². The van der Waals surface area contributed by atoms with E-state index in [1.807, 2.05) is 0 Å². The quantitative estimate of drug-likeness (QED) is 0.820. The largest absolute Gasteiger partial charge is 0.377 e. The fourth-order valence-electron chi connectivity index (χ4n) is 3.73. The first-order valence-electron chi connectivity index (χ1n) is 8.20. The van der Waals surface area contributed by atoms with Crippen molar-refractivity contribution in [2.24, 2.45) is 0 Å². The third-order valence-corrected chi connectivity index (χ3v) is 4.97. The van der Waals surface area contributed by atoms with Crippen LogP contribution < -0.4 is 5.32 Å². The van der Waals surface area contributed by atoms with Crippen molar-refractivity contribution in [3.8, 4) is 0 Å². The van der Waals surface area contributed by atoms with Crippen LogP contribution >= 0.6 is 0 Å². The Bertz CT molecular complexity index is 268. The van der Waals surface area contributed by atoms with E-state index in [1.165, 1.54) is 58.3 Å². The van der Waals surface area contributed by atoms with Gasteiger partial charge in [-0.3, -0.25) is 9.80 Å². The van der Waals surface area contributed by atoms with E-state index in [1.54, 1.807) is 0 Å². The SMILES string of the molecule is C1CCN2CCN(CCOC3CCNCC3)CC2C1. The Morgan fingerprint density at radius 2 is 1.89 bits per heavy atom. The summed E-state index contributed by atoms with van der Waals surface area (Å²) in [6.07, 6.45) is 7.14. The summed E-state index contributed by atoms with van der Waals surface area (Å²) < 4.78 is 6.03. The highest BCUT2D eigenvalue weighted by atomic mass is 16.5. The lowest BCUT2D eigenvalue weighted by Crippen LogP contribution is -2.55. The first-order valence-corrected chi connectivity index (χ1v) is 8.20. The minimum atomic E-state index is 0.511. The highest BCUT2D eigenvalue weighted by Crippen LogP contribution is 2.20. The summed E-state index contributed by atoms with van der Waals surface area (Å²) in [7, 11) is 0. The van der Waals surface area contributed by atoms with Crippen molar-refractivity contribution in [1.29, 1.82) is 0 Å². The van der Waals surface area contributed by atoms with Crippen molar-refractivity contribution in [1.82, 2.24) is 15.1 Å². The standard InChI is InChI=1S/C15H29N3O/c1-2-8-18-10-9-17(13-14(18)3-1)11-12-19-15-4-6-16-7-5-15/h14-16H,1-13H2. The van der Waals surface area contributed by atoms with Gasteiger partial charge in [0.15, 0.2) is 0 Å². The van der Waals surface area contributed by atoms with Gasteiger partial charge in [0.1, 0.15) is 0 Å². The zero-order chi connectivity index (χ0) is 12.9. The Morgan fingerprint density at radius 1 is 1.00 bits per heavy atom. The zero-order valence-electron chi connectivity index (χ0n) is 12.1. The molecule has 19 heavy (non-hydrogen) atoms. The average Bonchev–Trinajstić information content (AvgIpc) is 2.48. The second kappa shape index (κ2) is 7.02. The van der Waals surface area contributed by atoms with Crippen LogP contribution in [-0.4, -0.2) is 74.4 Å². The van der Waals surface area contributed by atoms with Crippen LogP contribution in [0.1, 0.15) is 32.1 Å². The van der Waals surface area contributed by atoms with Crippen LogP contribution in [-0.2, 0) is 4.74 Å². The predicted molar refractivity (Wildman–Crippen MR) is 77.5 cm³/mol. The molecule has 3 aliphatic rings. The van der Waals surface area contributed by atoms with Crippen LogP contribution in [0, 0.1) is 0 Å². The van der Waals surface area contributed by atoms with Gasteiger partial charge in [-0.05, 0) is 45.3 Å². The number of piperidine rings is 2. The number of piperazine rings is 1. The summed E-state index contributed by atoms with van der Waals surface area (Å²) in [5, 5.41) is 3.39. The molecule has 4 heteroatoms. The zero-order valence-corrected chi connectivity index (χ0v) is 12.1. The normalized spacial score (nSPS) is 31.3. The Kier molecular flexibility index (Phi) is 5.10. The van der Waals surface area contributed by atoms with E-state index in [9.17, 15) is 0 Å². The molecule has 3 heterocycles. The molecule has 3 saturated heterocycles. The minimum Gasteiger partial charge on any atom is -0.377 e. The van der Waals surface area contributed by atoms with Crippen molar-refractivity contribution < 1.29 is 4.74 Å². The van der Waals surface area contributed by atoms with Crippen LogP contribution in [0.15, 0.2) is 0 Å². The molecule has 0 bridgehead atoms. The summed E-state index contributed by atoms with van der Waals surface area (Å²) >= 11 is 0. The Balaban J connectivity index is 1.34. The molecule has 0 aliphatic carbocycles. The Morgan fingerprint density at radius 3 is 2.79 bits per heavy atom. The van der Waals surface area contributed by atoms with E-state index in [-0.39, 0.29) is 0 Å². The van der Waals surface area contributed by atoms with E-state index in [0.29, 0.717) is 6.10 Å². The maximum absolute atomic E-state index is 6.03. The van der Waals surface area contributed by atoms with Gasteiger partial charge < -0.3 is 10.1 Å². The summed E-state index contributed by atoms with van der Waals surface area (Å²) in [5.74, 6) is 0. The molecule has 3 fully saturated rings. The lowest BCUT2D eigenvalue weighted by Gasteiger charge is -2.44. The third-order valence-electron chi connectivity index (χ3n) is 4.97. The van der Waals surface area contributed by atoms with Gasteiger partial charge in [0.25, 0.3) is 0 Å². The van der Waals surface area contributed by atoms with Gasteiger partial charge in [-0.25, -0.2) is 0 Å². The summed E-state index contributed by atoms with van der Waals surface area (Å²) in [4.78, 5) is 5.32. The molecule has 4 nitrogen and oxygen atoms in total. The van der Waals surface area contributed by atoms with E-state index in [4.69, 9.17) is 4.74 Å². The van der Waals surface area contributed by atoms with Crippen molar-refractivity contribution in [3.05, 3.63) is 0 Å². The van der Waals surface area contributed by atoms with Crippen LogP contribution in [0.25, 0.3) is 0 Å². The fraction of sp³-hybridized carbons (Fsp3) is 1.00. The van der Waals surface area contributed by atoms with Crippen molar-refractivity contribution in [2.45, 2.75) is 44.2 Å². The monoisotopic (exact) mass is 267 g/mol. The second-order valence-corrected chi connectivity index (χ2v) is 6.31. The molecular formula is C15H29N3O. The number of fused-ring (bicyclic) bond motifs is 1. The van der Waals surface area contributed by atoms with Crippen LogP contribution in [0.4, 0.5) is 0 Å². The van der Waals surface area contributed by atoms with Crippen LogP contribution in [0.2, 0.25) is 0 Å². The number of hydrogen-bond donors (Lipinski definition) is 1. The lowest BCUT2D eigenvalue weighted by molar-refractivity contribution is -0.00183. The maximum atomic E-state index is 6.03. The highest BCUT2D eigenvalue weighted by molar-refractivity contribution is 4.85. The molecule has 0 aromatic heterocycles. The number of hydrogen-bond acceptors (Lipinski definition) is 4. The average molecular weight is 267 g/mol. The third kappa shape index (κ3) is 3.91. The van der Waals surface area contributed by atoms with Gasteiger partial charge in [-0.2, -0.15) is 0 Å². The highest BCUT2D eigenvalue weighted by Gasteiger charge is 2.28. The van der Waals surface area contributed by atoms with E-state index in [0.717, 1.165) is 32.3 Å². The number of nitrogens with one attached hydrogen (secondary N) is 1. The minimum absolute atomic E-state index is 0.511. The van der Waals surface area contributed by atoms with E-state index in [2.05, 4.69) is 15.1 Å². The molecule has 0 aromatic rings. The molecule has 0 saturated carbocycles. The van der Waals surface area contributed by atoms with Crippen molar-refractivity contribution in [3.63, 3.8) is 0 Å². The molecule has 0 amide bonds. The number of rotatable bonds is 4. The Hall–Kier alpha value is -0.160. The van der Waals surface area contributed by atoms with Crippen molar-refractivity contribution >= 4 is 0 Å². The Labute approximate surface area is 117 Å². The number of ether oxygens (including phenoxy) is 1. The van der Waals surface area contributed by atoms with Crippen molar-refractivity contribution in [2.75, 3.05) is 52.4 Å². The number of nitrogens with zero attached hydrogens (tertiary/aromatic N) is 2. The van der Waals surface area contributed by atoms with Crippen LogP contribution in [0.5, 0.6) is 0 Å². The smallest absolute Gasteiger partial charge is 0.0600 e. The van der Waals surface area contributed by atoms with Gasteiger partial charge in [-0.15, -0.1) is 0 Å². The van der Waals surface area contributed by atoms with Gasteiger partial charge >= 0.3 is 0 Å². The molecule has 0 aromatic carbocycles. The van der Waals surface area contributed by atoms with Gasteiger partial charge in [-0.1, -0.05) is 6.42 Å². The first kappa shape index (κ1) is 13.8. The fourth-order valence-corrected chi connectivity index (χ4v) is 3.73. The first-order chi connectivity index (χ1) is 9.42. The molecule has 1 atom stereocenters. The molecular weight excluding hydrogens is 238 g/mol. The predicted octanol–water partition coefficient (Wildman–Crippen LogP) is 0.925. The van der Waals surface area contributed by atoms with E-state index >= 15 is 0 Å². The molecule has 0 spiro atoms. The molecule has 1 N–H and O–H groups in total. The molecule has 3 rings (SSSR count). The second-order valence-electron chi connectivity index (χ2n) is 6.31. The lowest BCUT2D eigenvalue weighted by atomic mass is 9.99. The van der Waals surface area contributed by atoms with Gasteiger partial charge in [0.2, 0.25) is 0 Å². The summed E-state index contributed by atoms with van der Waals surface area (Å²) in [5.41, 5.74) is 0. The van der Waals surface area contributed by atoms with E-state index < -0.39 is 0 Å². The maximum Gasteiger partial charge on any atom is 0.0600 e.